The summed E-state index contributed by atoms with van der Waals surface area (Å²) in [6.45, 7) is 0. The van der Waals surface area contributed by atoms with Gasteiger partial charge in [-0.2, -0.15) is 0 Å². The van der Waals surface area contributed by atoms with E-state index in [0.29, 0.717) is 0 Å². The monoisotopic (exact) mass is 737 g/mol. The highest BCUT2D eigenvalue weighted by Crippen LogP contribution is 2.60. The molecule has 0 spiro atoms. The number of rotatable bonds is 7. The van der Waals surface area contributed by atoms with Gasteiger partial charge in [0.25, 0.3) is 0 Å². The van der Waals surface area contributed by atoms with Crippen LogP contribution in [-0.2, 0) is 5.41 Å². The molecule has 58 heavy (non-hydrogen) atoms. The van der Waals surface area contributed by atoms with Crippen molar-refractivity contribution < 1.29 is 0 Å². The van der Waals surface area contributed by atoms with E-state index in [2.05, 4.69) is 241 Å². The number of nitrogens with zero attached hydrogens (tertiary/aromatic N) is 1. The lowest BCUT2D eigenvalue weighted by molar-refractivity contribution is 0.768. The summed E-state index contributed by atoms with van der Waals surface area (Å²) in [5.41, 5.74) is 15.3. The van der Waals surface area contributed by atoms with Crippen molar-refractivity contribution in [3.05, 3.63) is 259 Å². The molecule has 0 fully saturated rings. The molecule has 0 amide bonds. The van der Waals surface area contributed by atoms with Crippen molar-refractivity contribution >= 4 is 38.6 Å². The molecule has 0 saturated heterocycles. The standard InChI is InChI=1S/C57H39N/c1-3-22-43(23-4-1)57(44-24-5-2-6-25-44)52-32-13-11-29-51(52)56-53(57)33-17-35-55(56)58(45-38-36-42(37-39-45)47-30-15-20-40-18-7-9-26-46(40)47)54-34-14-12-28-50(54)49-31-16-21-41-19-8-10-27-48(41)49/h1-39H. The minimum atomic E-state index is -0.510. The molecule has 10 aromatic rings. The van der Waals surface area contributed by atoms with E-state index in [-0.39, 0.29) is 0 Å². The average molecular weight is 738 g/mol. The van der Waals surface area contributed by atoms with E-state index in [4.69, 9.17) is 0 Å². The summed E-state index contributed by atoms with van der Waals surface area (Å²) in [5, 5.41) is 4.96. The highest BCUT2D eigenvalue weighted by atomic mass is 15.1. The summed E-state index contributed by atoms with van der Waals surface area (Å²) in [5.74, 6) is 0. The number of anilines is 3. The lowest BCUT2D eigenvalue weighted by atomic mass is 9.68. The molecule has 1 heteroatoms. The third kappa shape index (κ3) is 5.25. The second-order valence-corrected chi connectivity index (χ2v) is 15.2. The first-order valence-corrected chi connectivity index (χ1v) is 20.1. The van der Waals surface area contributed by atoms with E-state index in [1.807, 2.05) is 0 Å². The van der Waals surface area contributed by atoms with Crippen LogP contribution >= 0.6 is 0 Å². The van der Waals surface area contributed by atoms with Crippen molar-refractivity contribution in [2.45, 2.75) is 5.41 Å². The van der Waals surface area contributed by atoms with Gasteiger partial charge in [-0.15, -0.1) is 0 Å². The number of hydrogen-bond donors (Lipinski definition) is 0. The summed E-state index contributed by atoms with van der Waals surface area (Å²) in [6.07, 6.45) is 0. The Bertz CT molecular complexity index is 3060. The molecule has 0 radical (unpaired) electrons. The third-order valence-electron chi connectivity index (χ3n) is 12.2. The van der Waals surface area contributed by atoms with Crippen LogP contribution in [-0.4, -0.2) is 0 Å². The molecule has 0 aliphatic heterocycles. The van der Waals surface area contributed by atoms with E-state index in [9.17, 15) is 0 Å². The topological polar surface area (TPSA) is 3.24 Å². The number of para-hydroxylation sites is 1. The van der Waals surface area contributed by atoms with E-state index < -0.39 is 5.41 Å². The number of benzene rings is 10. The fourth-order valence-corrected chi connectivity index (χ4v) is 9.69. The van der Waals surface area contributed by atoms with Crippen LogP contribution in [0.5, 0.6) is 0 Å². The van der Waals surface area contributed by atoms with Crippen molar-refractivity contribution in [3.63, 3.8) is 0 Å². The molecule has 0 saturated carbocycles. The molecule has 0 bridgehead atoms. The van der Waals surface area contributed by atoms with Crippen molar-refractivity contribution in [3.8, 4) is 33.4 Å². The van der Waals surface area contributed by atoms with E-state index in [1.54, 1.807) is 0 Å². The zero-order chi connectivity index (χ0) is 38.5. The Balaban J connectivity index is 1.20. The maximum atomic E-state index is 2.51. The molecule has 1 aliphatic carbocycles. The van der Waals surface area contributed by atoms with Crippen LogP contribution in [0, 0.1) is 0 Å². The van der Waals surface area contributed by atoms with Gasteiger partial charge in [0.1, 0.15) is 0 Å². The predicted octanol–water partition coefficient (Wildman–Crippen LogP) is 15.2. The van der Waals surface area contributed by atoms with E-state index in [0.717, 1.165) is 17.1 Å². The minimum absolute atomic E-state index is 0.510. The van der Waals surface area contributed by atoms with Crippen molar-refractivity contribution in [2.24, 2.45) is 0 Å². The molecule has 0 unspecified atom stereocenters. The first kappa shape index (κ1) is 33.8. The first-order valence-electron chi connectivity index (χ1n) is 20.1. The summed E-state index contributed by atoms with van der Waals surface area (Å²) >= 11 is 0. The Morgan fingerprint density at radius 3 is 1.45 bits per heavy atom. The lowest BCUT2D eigenvalue weighted by Crippen LogP contribution is -2.28. The van der Waals surface area contributed by atoms with Crippen LogP contribution in [0.3, 0.4) is 0 Å². The highest BCUT2D eigenvalue weighted by molar-refractivity contribution is 6.04. The predicted molar refractivity (Wildman–Crippen MR) is 244 cm³/mol. The summed E-state index contributed by atoms with van der Waals surface area (Å²) in [4.78, 5) is 2.51. The fraction of sp³-hybridized carbons (Fsp3) is 0.0175. The molecule has 1 nitrogen and oxygen atoms in total. The van der Waals surface area contributed by atoms with Gasteiger partial charge in [0.05, 0.1) is 16.8 Å². The molecular formula is C57H39N. The SMILES string of the molecule is c1ccc(C2(c3ccccc3)c3ccccc3-c3c(N(c4ccc(-c5cccc6ccccc56)cc4)c4ccccc4-c4cccc5ccccc45)cccc32)cc1. The third-order valence-corrected chi connectivity index (χ3v) is 12.2. The van der Waals surface area contributed by atoms with Gasteiger partial charge in [0.2, 0.25) is 0 Å². The summed E-state index contributed by atoms with van der Waals surface area (Å²) in [7, 11) is 0. The second-order valence-electron chi connectivity index (χ2n) is 15.2. The molecule has 272 valence electrons. The molecule has 10 aromatic carbocycles. The zero-order valence-electron chi connectivity index (χ0n) is 32.0. The average Bonchev–Trinajstić information content (AvgIpc) is 3.61. The molecule has 0 heterocycles. The molecule has 1 aliphatic rings. The summed E-state index contributed by atoms with van der Waals surface area (Å²) < 4.78 is 0. The fourth-order valence-electron chi connectivity index (χ4n) is 9.69. The molecule has 11 rings (SSSR count). The maximum absolute atomic E-state index is 2.51. The second kappa shape index (κ2) is 13.9. The maximum Gasteiger partial charge on any atom is 0.0714 e. The van der Waals surface area contributed by atoms with Gasteiger partial charge in [-0.05, 0) is 90.3 Å². The van der Waals surface area contributed by atoms with Crippen molar-refractivity contribution in [2.75, 3.05) is 4.90 Å². The van der Waals surface area contributed by atoms with Gasteiger partial charge in [0.15, 0.2) is 0 Å². The number of fused-ring (bicyclic) bond motifs is 5. The minimum Gasteiger partial charge on any atom is -0.309 e. The Kier molecular flexibility index (Phi) is 8.12. The lowest BCUT2D eigenvalue weighted by Gasteiger charge is -2.34. The van der Waals surface area contributed by atoms with Crippen LogP contribution in [0.4, 0.5) is 17.1 Å². The van der Waals surface area contributed by atoms with Crippen molar-refractivity contribution in [1.29, 1.82) is 0 Å². The van der Waals surface area contributed by atoms with E-state index >= 15 is 0 Å². The smallest absolute Gasteiger partial charge is 0.0714 e. The van der Waals surface area contributed by atoms with E-state index in [1.165, 1.54) is 77.2 Å². The molecule has 0 N–H and O–H groups in total. The van der Waals surface area contributed by atoms with Gasteiger partial charge in [-0.25, -0.2) is 0 Å². The van der Waals surface area contributed by atoms with Crippen molar-refractivity contribution in [1.82, 2.24) is 0 Å². The Morgan fingerprint density at radius 2 is 0.759 bits per heavy atom. The quantitative estimate of drug-likeness (QED) is 0.157. The van der Waals surface area contributed by atoms with Gasteiger partial charge < -0.3 is 4.90 Å². The Morgan fingerprint density at radius 1 is 0.293 bits per heavy atom. The highest BCUT2D eigenvalue weighted by Gasteiger charge is 2.47. The van der Waals surface area contributed by atoms with Crippen LogP contribution in [0.25, 0.3) is 54.9 Å². The van der Waals surface area contributed by atoms with Crippen LogP contribution in [0.15, 0.2) is 237 Å². The Labute approximate surface area is 339 Å². The largest absolute Gasteiger partial charge is 0.309 e. The molecule has 0 atom stereocenters. The first-order chi connectivity index (χ1) is 28.8. The van der Waals surface area contributed by atoms with Gasteiger partial charge >= 0.3 is 0 Å². The van der Waals surface area contributed by atoms with Gasteiger partial charge in [0, 0.05) is 16.8 Å². The van der Waals surface area contributed by atoms with Gasteiger partial charge in [-0.1, -0.05) is 212 Å². The van der Waals surface area contributed by atoms with Crippen LogP contribution in [0.2, 0.25) is 0 Å². The Hall–Kier alpha value is -7.48. The van der Waals surface area contributed by atoms with Crippen LogP contribution in [0.1, 0.15) is 22.3 Å². The zero-order valence-corrected chi connectivity index (χ0v) is 32.0. The molecular weight excluding hydrogens is 699 g/mol. The van der Waals surface area contributed by atoms with Gasteiger partial charge in [-0.3, -0.25) is 0 Å². The molecule has 0 aromatic heterocycles. The summed E-state index contributed by atoms with van der Waals surface area (Å²) in [6, 6.07) is 86.9. The number of hydrogen-bond acceptors (Lipinski definition) is 1. The normalized spacial score (nSPS) is 12.6. The van der Waals surface area contributed by atoms with Crippen LogP contribution < -0.4 is 4.90 Å².